The van der Waals surface area contributed by atoms with Crippen molar-refractivity contribution in [3.8, 4) is 11.5 Å². The molecule has 0 heterocycles. The van der Waals surface area contributed by atoms with Gasteiger partial charge in [-0.2, -0.15) is 0 Å². The minimum Gasteiger partial charge on any atom is -0.466 e. The van der Waals surface area contributed by atoms with Crippen molar-refractivity contribution < 1.29 is 38.1 Å². The highest BCUT2D eigenvalue weighted by Gasteiger charge is 2.32. The van der Waals surface area contributed by atoms with Crippen LogP contribution in [0.4, 0.5) is 0 Å². The first-order valence-electron chi connectivity index (χ1n) is 13.4. The molecule has 39 heavy (non-hydrogen) atoms. The van der Waals surface area contributed by atoms with Crippen LogP contribution in [0.5, 0.6) is 11.5 Å². The summed E-state index contributed by atoms with van der Waals surface area (Å²) >= 11 is 0. The SMILES string of the molecule is C=CC(=O)OCCCc1ccc(OC(=O)C2CCC(C(=O)Oc3ccc(CCCOC(C)=O)cc3)CC2)cc1. The van der Waals surface area contributed by atoms with Crippen LogP contribution in [-0.4, -0.2) is 37.1 Å². The second-order valence-electron chi connectivity index (χ2n) is 9.60. The molecule has 1 fully saturated rings. The maximum atomic E-state index is 12.7. The molecule has 2 aromatic carbocycles. The molecule has 0 unspecified atom stereocenters. The van der Waals surface area contributed by atoms with Gasteiger partial charge in [-0.3, -0.25) is 14.4 Å². The van der Waals surface area contributed by atoms with Gasteiger partial charge in [0, 0.05) is 13.0 Å². The average molecular weight is 537 g/mol. The third-order valence-electron chi connectivity index (χ3n) is 6.61. The van der Waals surface area contributed by atoms with Crippen molar-refractivity contribution in [3.05, 3.63) is 72.3 Å². The summed E-state index contributed by atoms with van der Waals surface area (Å²) < 4.78 is 21.0. The molecule has 0 radical (unpaired) electrons. The first kappa shape index (κ1) is 29.6. The molecule has 0 saturated heterocycles. The van der Waals surface area contributed by atoms with Gasteiger partial charge in [-0.15, -0.1) is 0 Å². The Morgan fingerprint density at radius 1 is 0.718 bits per heavy atom. The van der Waals surface area contributed by atoms with Crippen LogP contribution in [0.2, 0.25) is 0 Å². The summed E-state index contributed by atoms with van der Waals surface area (Å²) in [7, 11) is 0. The van der Waals surface area contributed by atoms with Crippen molar-refractivity contribution in [3.63, 3.8) is 0 Å². The zero-order valence-corrected chi connectivity index (χ0v) is 22.4. The molecule has 0 spiro atoms. The molecule has 0 amide bonds. The molecule has 0 bridgehead atoms. The van der Waals surface area contributed by atoms with E-state index in [-0.39, 0.29) is 29.7 Å². The zero-order valence-electron chi connectivity index (χ0n) is 22.4. The summed E-state index contributed by atoms with van der Waals surface area (Å²) in [5, 5.41) is 0. The van der Waals surface area contributed by atoms with E-state index in [4.69, 9.17) is 18.9 Å². The van der Waals surface area contributed by atoms with Crippen molar-refractivity contribution >= 4 is 23.9 Å². The van der Waals surface area contributed by atoms with Crippen LogP contribution in [0.25, 0.3) is 0 Å². The highest BCUT2D eigenvalue weighted by molar-refractivity contribution is 5.81. The molecule has 0 aromatic heterocycles. The van der Waals surface area contributed by atoms with E-state index < -0.39 is 5.97 Å². The van der Waals surface area contributed by atoms with Gasteiger partial charge in [0.15, 0.2) is 0 Å². The van der Waals surface area contributed by atoms with E-state index in [0.717, 1.165) is 36.5 Å². The number of hydrogen-bond donors (Lipinski definition) is 0. The average Bonchev–Trinajstić information content (AvgIpc) is 2.95. The van der Waals surface area contributed by atoms with E-state index in [1.165, 1.54) is 6.92 Å². The van der Waals surface area contributed by atoms with Gasteiger partial charge in [-0.25, -0.2) is 4.79 Å². The van der Waals surface area contributed by atoms with E-state index in [9.17, 15) is 19.2 Å². The maximum absolute atomic E-state index is 12.7. The van der Waals surface area contributed by atoms with Crippen molar-refractivity contribution in [2.24, 2.45) is 11.8 Å². The Morgan fingerprint density at radius 2 is 1.13 bits per heavy atom. The van der Waals surface area contributed by atoms with Gasteiger partial charge in [0.05, 0.1) is 25.0 Å². The molecular formula is C31H36O8. The van der Waals surface area contributed by atoms with Crippen LogP contribution < -0.4 is 9.47 Å². The van der Waals surface area contributed by atoms with Crippen LogP contribution in [0.15, 0.2) is 61.2 Å². The molecule has 208 valence electrons. The molecule has 8 nitrogen and oxygen atoms in total. The van der Waals surface area contributed by atoms with Gasteiger partial charge in [0.25, 0.3) is 0 Å². The molecule has 0 N–H and O–H groups in total. The standard InChI is InChI=1S/C31H36O8/c1-3-29(33)37-21-5-7-24-10-18-28(19-11-24)39-31(35)26-14-12-25(13-15-26)30(34)38-27-16-8-23(9-17-27)6-4-20-36-22(2)32/h3,8-11,16-19,25-26H,1,4-7,12-15,20-21H2,2H3. The third-order valence-corrected chi connectivity index (χ3v) is 6.61. The predicted molar refractivity (Wildman–Crippen MR) is 144 cm³/mol. The van der Waals surface area contributed by atoms with Gasteiger partial charge in [-0.1, -0.05) is 30.8 Å². The first-order valence-corrected chi connectivity index (χ1v) is 13.4. The minimum atomic E-state index is -0.431. The topological polar surface area (TPSA) is 105 Å². The van der Waals surface area contributed by atoms with E-state index in [1.54, 1.807) is 24.3 Å². The fourth-order valence-corrected chi connectivity index (χ4v) is 4.41. The van der Waals surface area contributed by atoms with E-state index in [0.29, 0.717) is 56.8 Å². The third kappa shape index (κ3) is 10.4. The first-order chi connectivity index (χ1) is 18.8. The highest BCUT2D eigenvalue weighted by Crippen LogP contribution is 2.31. The number of benzene rings is 2. The van der Waals surface area contributed by atoms with Crippen molar-refractivity contribution in [1.29, 1.82) is 0 Å². The monoisotopic (exact) mass is 536 g/mol. The fraction of sp³-hybridized carbons (Fsp3) is 0.419. The molecule has 8 heteroatoms. The number of aryl methyl sites for hydroxylation is 2. The number of esters is 4. The van der Waals surface area contributed by atoms with E-state index in [1.807, 2.05) is 24.3 Å². The smallest absolute Gasteiger partial charge is 0.330 e. The molecule has 3 rings (SSSR count). The lowest BCUT2D eigenvalue weighted by Crippen LogP contribution is -2.30. The highest BCUT2D eigenvalue weighted by atomic mass is 16.5. The summed E-state index contributed by atoms with van der Waals surface area (Å²) in [4.78, 5) is 47.2. The summed E-state index contributed by atoms with van der Waals surface area (Å²) in [5.74, 6) is -0.798. The Labute approximate surface area is 229 Å². The zero-order chi connectivity index (χ0) is 28.0. The molecule has 0 atom stereocenters. The largest absolute Gasteiger partial charge is 0.466 e. The number of hydrogen-bond acceptors (Lipinski definition) is 8. The number of ether oxygens (including phenoxy) is 4. The van der Waals surface area contributed by atoms with Crippen molar-refractivity contribution in [2.75, 3.05) is 13.2 Å². The maximum Gasteiger partial charge on any atom is 0.330 e. The van der Waals surface area contributed by atoms with Crippen LogP contribution >= 0.6 is 0 Å². The normalized spacial score (nSPS) is 16.5. The lowest BCUT2D eigenvalue weighted by molar-refractivity contribution is -0.145. The summed E-state index contributed by atoms with van der Waals surface area (Å²) in [6, 6.07) is 14.6. The van der Waals surface area contributed by atoms with Crippen molar-refractivity contribution in [2.45, 2.75) is 58.3 Å². The minimum absolute atomic E-state index is 0.248. The molecule has 2 aromatic rings. The lowest BCUT2D eigenvalue weighted by atomic mass is 9.82. The van der Waals surface area contributed by atoms with E-state index in [2.05, 4.69) is 6.58 Å². The molecule has 1 aliphatic rings. The molecule has 1 aliphatic carbocycles. The Bertz CT molecular complexity index is 1110. The Hall–Kier alpha value is -3.94. The second kappa shape index (κ2) is 15.5. The fourth-order valence-electron chi connectivity index (χ4n) is 4.41. The Morgan fingerprint density at radius 3 is 1.51 bits per heavy atom. The number of carbonyl (C=O) groups excluding carboxylic acids is 4. The van der Waals surface area contributed by atoms with Crippen LogP contribution in [0.1, 0.15) is 56.6 Å². The van der Waals surface area contributed by atoms with Crippen LogP contribution in [0.3, 0.4) is 0 Å². The Balaban J connectivity index is 1.36. The second-order valence-corrected chi connectivity index (χ2v) is 9.60. The van der Waals surface area contributed by atoms with Gasteiger partial charge < -0.3 is 18.9 Å². The van der Waals surface area contributed by atoms with Gasteiger partial charge in [0.1, 0.15) is 11.5 Å². The summed E-state index contributed by atoms with van der Waals surface area (Å²) in [6.45, 7) is 5.45. The Kier molecular flexibility index (Phi) is 11.7. The van der Waals surface area contributed by atoms with Gasteiger partial charge in [-0.05, 0) is 86.8 Å². The van der Waals surface area contributed by atoms with Crippen LogP contribution in [-0.2, 0) is 41.5 Å². The molecule has 1 saturated carbocycles. The summed E-state index contributed by atoms with van der Waals surface area (Å²) in [6.07, 6.45) is 6.34. The number of carbonyl (C=O) groups is 4. The number of rotatable bonds is 13. The quantitative estimate of drug-likeness (QED) is 0.150. The predicted octanol–water partition coefficient (Wildman–Crippen LogP) is 5.16. The van der Waals surface area contributed by atoms with Gasteiger partial charge >= 0.3 is 23.9 Å². The van der Waals surface area contributed by atoms with Crippen molar-refractivity contribution in [1.82, 2.24) is 0 Å². The molecule has 0 aliphatic heterocycles. The molecular weight excluding hydrogens is 500 g/mol. The lowest BCUT2D eigenvalue weighted by Gasteiger charge is -2.25. The summed E-state index contributed by atoms with van der Waals surface area (Å²) in [5.41, 5.74) is 2.12. The van der Waals surface area contributed by atoms with Crippen LogP contribution in [0, 0.1) is 11.8 Å². The van der Waals surface area contributed by atoms with E-state index >= 15 is 0 Å². The van der Waals surface area contributed by atoms with Gasteiger partial charge in [0.2, 0.25) is 0 Å².